The highest BCUT2D eigenvalue weighted by atomic mass is 16.3. The predicted octanol–water partition coefficient (Wildman–Crippen LogP) is 3.31. The lowest BCUT2D eigenvalue weighted by Gasteiger charge is -2.49. The highest BCUT2D eigenvalue weighted by Gasteiger charge is 2.38. The van der Waals surface area contributed by atoms with Crippen molar-refractivity contribution >= 4 is 0 Å². The fourth-order valence-electron chi connectivity index (χ4n) is 3.64. The van der Waals surface area contributed by atoms with Gasteiger partial charge in [0.15, 0.2) is 0 Å². The monoisotopic (exact) mass is 276 g/mol. The van der Waals surface area contributed by atoms with Crippen molar-refractivity contribution in [2.24, 2.45) is 0 Å². The van der Waals surface area contributed by atoms with E-state index >= 15 is 0 Å². The molecule has 0 saturated carbocycles. The number of hydrogen-bond donors (Lipinski definition) is 2. The quantitative estimate of drug-likeness (QED) is 0.885. The number of likely N-dealkylation sites (tertiary alicyclic amines) is 1. The van der Waals surface area contributed by atoms with E-state index in [1.807, 2.05) is 19.2 Å². The van der Waals surface area contributed by atoms with Crippen LogP contribution in [0.2, 0.25) is 0 Å². The Kier molecular flexibility index (Phi) is 4.71. The molecule has 0 aliphatic carbocycles. The summed E-state index contributed by atoms with van der Waals surface area (Å²) < 4.78 is 0. The van der Waals surface area contributed by atoms with Gasteiger partial charge in [0.2, 0.25) is 0 Å². The lowest BCUT2D eigenvalue weighted by molar-refractivity contribution is 0.0117. The highest BCUT2D eigenvalue weighted by Crippen LogP contribution is 2.39. The molecule has 0 amide bonds. The molecule has 2 unspecified atom stereocenters. The molecule has 1 heterocycles. The van der Waals surface area contributed by atoms with Crippen LogP contribution in [0.25, 0.3) is 0 Å². The molecule has 1 aliphatic rings. The maximum absolute atomic E-state index is 9.67. The number of phenols is 1. The van der Waals surface area contributed by atoms with E-state index in [0.717, 1.165) is 25.8 Å². The van der Waals surface area contributed by atoms with Crippen molar-refractivity contribution in [1.82, 2.24) is 10.2 Å². The second-order valence-corrected chi connectivity index (χ2v) is 6.50. The third-order valence-electron chi connectivity index (χ3n) is 4.68. The Bertz CT molecular complexity index is 440. The number of aromatic hydroxyl groups is 1. The molecule has 0 radical (unpaired) electrons. The number of rotatable bonds is 4. The van der Waals surface area contributed by atoms with Gasteiger partial charge in [-0.1, -0.05) is 19.1 Å². The van der Waals surface area contributed by atoms with E-state index in [0.29, 0.717) is 17.8 Å². The second-order valence-electron chi connectivity index (χ2n) is 6.50. The van der Waals surface area contributed by atoms with Crippen LogP contribution >= 0.6 is 0 Å². The van der Waals surface area contributed by atoms with Crippen molar-refractivity contribution < 1.29 is 5.11 Å². The number of hydrogen-bond acceptors (Lipinski definition) is 3. The van der Waals surface area contributed by atoms with E-state index in [4.69, 9.17) is 0 Å². The molecule has 3 nitrogen and oxygen atoms in total. The minimum Gasteiger partial charge on any atom is -0.508 e. The zero-order chi connectivity index (χ0) is 14.8. The molecule has 1 aromatic carbocycles. The summed E-state index contributed by atoms with van der Waals surface area (Å²) in [5.41, 5.74) is 1.45. The van der Waals surface area contributed by atoms with Gasteiger partial charge in [-0.05, 0) is 63.8 Å². The van der Waals surface area contributed by atoms with E-state index < -0.39 is 0 Å². The first-order chi connectivity index (χ1) is 9.47. The van der Waals surface area contributed by atoms with Crippen LogP contribution in [0.15, 0.2) is 24.3 Å². The van der Waals surface area contributed by atoms with Gasteiger partial charge < -0.3 is 10.4 Å². The molecule has 1 aromatic rings. The van der Waals surface area contributed by atoms with Gasteiger partial charge in [0.25, 0.3) is 0 Å². The van der Waals surface area contributed by atoms with E-state index in [2.05, 4.69) is 37.1 Å². The normalized spacial score (nSPS) is 24.5. The van der Waals surface area contributed by atoms with Crippen molar-refractivity contribution in [3.05, 3.63) is 29.8 Å². The molecule has 1 fully saturated rings. The van der Waals surface area contributed by atoms with Crippen LogP contribution in [-0.2, 0) is 0 Å². The molecule has 2 rings (SSSR count). The van der Waals surface area contributed by atoms with Crippen molar-refractivity contribution in [1.29, 1.82) is 0 Å². The number of phenolic OH excluding ortho intramolecular Hbond substituents is 1. The summed E-state index contributed by atoms with van der Waals surface area (Å²) in [7, 11) is 2.05. The van der Waals surface area contributed by atoms with Crippen molar-refractivity contribution in [3.8, 4) is 5.75 Å². The summed E-state index contributed by atoms with van der Waals surface area (Å²) in [6, 6.07) is 7.77. The molecule has 2 N–H and O–H groups in total. The zero-order valence-electron chi connectivity index (χ0n) is 13.2. The van der Waals surface area contributed by atoms with Crippen LogP contribution in [0.4, 0.5) is 0 Å². The Hall–Kier alpha value is -1.06. The first-order valence-corrected chi connectivity index (χ1v) is 7.71. The molecule has 2 atom stereocenters. The predicted molar refractivity (Wildman–Crippen MR) is 84.0 cm³/mol. The topological polar surface area (TPSA) is 35.5 Å². The largest absolute Gasteiger partial charge is 0.508 e. The average molecular weight is 276 g/mol. The number of nitrogens with one attached hydrogen (secondary N) is 1. The molecular formula is C17H28N2O. The van der Waals surface area contributed by atoms with E-state index in [9.17, 15) is 5.11 Å². The molecule has 0 spiro atoms. The van der Waals surface area contributed by atoms with Crippen LogP contribution in [-0.4, -0.2) is 35.3 Å². The van der Waals surface area contributed by atoms with Crippen molar-refractivity contribution in [2.75, 3.05) is 13.6 Å². The zero-order valence-corrected chi connectivity index (χ0v) is 13.2. The van der Waals surface area contributed by atoms with Gasteiger partial charge in [-0.2, -0.15) is 0 Å². The van der Waals surface area contributed by atoms with Gasteiger partial charge in [-0.25, -0.2) is 0 Å². The van der Waals surface area contributed by atoms with E-state index in [-0.39, 0.29) is 5.54 Å². The molecule has 0 aromatic heterocycles. The Labute approximate surface area is 123 Å². The smallest absolute Gasteiger partial charge is 0.115 e. The molecule has 1 saturated heterocycles. The Morgan fingerprint density at radius 1 is 1.45 bits per heavy atom. The SMILES string of the molecule is CCC(NC)N1CCC(c2cccc(O)c2)CC1(C)C. The maximum atomic E-state index is 9.67. The number of piperidine rings is 1. The Morgan fingerprint density at radius 2 is 2.20 bits per heavy atom. The molecule has 112 valence electrons. The highest BCUT2D eigenvalue weighted by molar-refractivity contribution is 5.30. The fraction of sp³-hybridized carbons (Fsp3) is 0.647. The van der Waals surface area contributed by atoms with Crippen molar-refractivity contribution in [3.63, 3.8) is 0 Å². The first-order valence-electron chi connectivity index (χ1n) is 7.71. The summed E-state index contributed by atoms with van der Waals surface area (Å²) in [6.45, 7) is 8.01. The van der Waals surface area contributed by atoms with E-state index in [1.54, 1.807) is 6.07 Å². The van der Waals surface area contributed by atoms with Gasteiger partial charge in [0, 0.05) is 12.1 Å². The van der Waals surface area contributed by atoms with Crippen LogP contribution in [0, 0.1) is 0 Å². The van der Waals surface area contributed by atoms with Crippen LogP contribution in [0.1, 0.15) is 51.5 Å². The second kappa shape index (κ2) is 6.15. The van der Waals surface area contributed by atoms with Crippen LogP contribution in [0.3, 0.4) is 0 Å². The van der Waals surface area contributed by atoms with Gasteiger partial charge in [-0.3, -0.25) is 4.90 Å². The molecule has 0 bridgehead atoms. The average Bonchev–Trinajstić information content (AvgIpc) is 2.41. The molecule has 3 heteroatoms. The number of nitrogens with zero attached hydrogens (tertiary/aromatic N) is 1. The van der Waals surface area contributed by atoms with Gasteiger partial charge in [-0.15, -0.1) is 0 Å². The third kappa shape index (κ3) is 3.15. The summed E-state index contributed by atoms with van der Waals surface area (Å²) in [5.74, 6) is 0.923. The Balaban J connectivity index is 2.14. The molecule has 1 aliphatic heterocycles. The first kappa shape index (κ1) is 15.3. The molecule has 20 heavy (non-hydrogen) atoms. The fourth-order valence-corrected chi connectivity index (χ4v) is 3.64. The minimum atomic E-state index is 0.179. The summed E-state index contributed by atoms with van der Waals surface area (Å²) >= 11 is 0. The minimum absolute atomic E-state index is 0.179. The lowest BCUT2D eigenvalue weighted by Crippen LogP contribution is -2.57. The Morgan fingerprint density at radius 3 is 2.75 bits per heavy atom. The lowest BCUT2D eigenvalue weighted by atomic mass is 9.78. The van der Waals surface area contributed by atoms with E-state index in [1.165, 1.54) is 5.56 Å². The van der Waals surface area contributed by atoms with Crippen molar-refractivity contribution in [2.45, 2.75) is 57.7 Å². The maximum Gasteiger partial charge on any atom is 0.115 e. The number of benzene rings is 1. The van der Waals surface area contributed by atoms with Gasteiger partial charge in [0.05, 0.1) is 6.17 Å². The third-order valence-corrected chi connectivity index (χ3v) is 4.68. The summed E-state index contributed by atoms with van der Waals surface area (Å²) in [4.78, 5) is 2.59. The standard InChI is InChI=1S/C17H28N2O/c1-5-16(18-4)19-10-9-14(12-17(19,2)3)13-7-6-8-15(20)11-13/h6-8,11,14,16,18,20H,5,9-10,12H2,1-4H3. The van der Waals surface area contributed by atoms with Gasteiger partial charge >= 0.3 is 0 Å². The molecular weight excluding hydrogens is 248 g/mol. The summed E-state index contributed by atoms with van der Waals surface area (Å²) in [6.07, 6.45) is 3.87. The summed E-state index contributed by atoms with van der Waals surface area (Å²) in [5, 5.41) is 13.1. The van der Waals surface area contributed by atoms with Crippen LogP contribution < -0.4 is 5.32 Å². The van der Waals surface area contributed by atoms with Crippen LogP contribution in [0.5, 0.6) is 5.75 Å². The van der Waals surface area contributed by atoms with Gasteiger partial charge in [0.1, 0.15) is 5.75 Å².